The summed E-state index contributed by atoms with van der Waals surface area (Å²) in [6, 6.07) is 9.94. The summed E-state index contributed by atoms with van der Waals surface area (Å²) in [5.74, 6) is -0.464. The molecule has 0 aliphatic carbocycles. The van der Waals surface area contributed by atoms with Gasteiger partial charge in [-0.15, -0.1) is 11.3 Å². The van der Waals surface area contributed by atoms with E-state index in [9.17, 15) is 14.4 Å². The molecule has 4 heterocycles. The summed E-state index contributed by atoms with van der Waals surface area (Å²) in [7, 11) is 0. The number of thiophene rings is 1. The molecule has 2 aliphatic rings. The summed E-state index contributed by atoms with van der Waals surface area (Å²) in [4.78, 5) is 52.3. The quantitative estimate of drug-likeness (QED) is 0.432. The molecule has 0 saturated carbocycles. The number of hydrogen-bond donors (Lipinski definition) is 2. The van der Waals surface area contributed by atoms with E-state index in [0.29, 0.717) is 29.9 Å². The van der Waals surface area contributed by atoms with Crippen LogP contribution in [-0.2, 0) is 14.4 Å². The summed E-state index contributed by atoms with van der Waals surface area (Å²) in [5, 5.41) is 4.96. The van der Waals surface area contributed by atoms with Gasteiger partial charge in [0, 0.05) is 6.42 Å². The minimum atomic E-state index is -1.13. The fourth-order valence-corrected chi connectivity index (χ4v) is 6.31. The van der Waals surface area contributed by atoms with Crippen LogP contribution in [0.3, 0.4) is 0 Å². The molecule has 2 amide bonds. The van der Waals surface area contributed by atoms with Crippen LogP contribution in [0.4, 0.5) is 0 Å². The second-order valence-corrected chi connectivity index (χ2v) is 11.8. The first-order valence-electron chi connectivity index (χ1n) is 14.4. The van der Waals surface area contributed by atoms with Gasteiger partial charge in [0.05, 0.1) is 28.5 Å². The van der Waals surface area contributed by atoms with E-state index in [4.69, 9.17) is 20.4 Å². The topological polar surface area (TPSA) is 128 Å². The average molecular weight is 576 g/mol. The number of nitrogens with two attached hydrogens (primary N) is 1. The van der Waals surface area contributed by atoms with Gasteiger partial charge in [-0.1, -0.05) is 50.1 Å². The van der Waals surface area contributed by atoms with Crippen LogP contribution in [0.5, 0.6) is 5.88 Å². The van der Waals surface area contributed by atoms with Crippen molar-refractivity contribution in [3.63, 3.8) is 0 Å². The summed E-state index contributed by atoms with van der Waals surface area (Å²) in [6.07, 6.45) is 7.92. The molecule has 216 valence electrons. The van der Waals surface area contributed by atoms with Crippen LogP contribution < -0.4 is 15.8 Å². The lowest BCUT2D eigenvalue weighted by atomic mass is 9.89. The smallest absolute Gasteiger partial charge is 0.243 e. The summed E-state index contributed by atoms with van der Waals surface area (Å²) in [5.41, 5.74) is 7.28. The van der Waals surface area contributed by atoms with Gasteiger partial charge in [-0.3, -0.25) is 14.4 Å². The molecule has 1 aromatic carbocycles. The zero-order valence-corrected chi connectivity index (χ0v) is 24.4. The summed E-state index contributed by atoms with van der Waals surface area (Å²) < 4.78 is 6.46. The highest BCUT2D eigenvalue weighted by atomic mass is 32.1. The molecule has 2 aliphatic heterocycles. The van der Waals surface area contributed by atoms with E-state index < -0.39 is 29.6 Å². The van der Waals surface area contributed by atoms with Crippen LogP contribution in [0, 0.1) is 0 Å². The molecule has 0 radical (unpaired) electrons. The molecule has 10 heteroatoms. The zero-order valence-electron chi connectivity index (χ0n) is 23.5. The Hall–Kier alpha value is -3.63. The molecule has 2 aromatic heterocycles. The Morgan fingerprint density at radius 1 is 1.15 bits per heavy atom. The third-order valence-electron chi connectivity index (χ3n) is 8.06. The molecule has 4 atom stereocenters. The van der Waals surface area contributed by atoms with Crippen LogP contribution in [0.2, 0.25) is 0 Å². The standard InChI is InChI=1S/C31H37N5O4S/c1-3-31(20(2)37)16-10-6-4-5-7-12-22(32)30(39)36-19-21(18-25(36)28(38)35-31)40-29-27(26-15-11-17-41-26)33-23-13-8-9-14-24(23)34-29/h8-11,13-17,21-22,25H,3-7,12,18-19,32H2,1-2H3,(H,35,38)/b16-10-/t21-,22+,25+,31-/m1/s1. The van der Waals surface area contributed by atoms with Gasteiger partial charge in [0.2, 0.25) is 17.7 Å². The van der Waals surface area contributed by atoms with Crippen molar-refractivity contribution in [1.29, 1.82) is 0 Å². The Morgan fingerprint density at radius 2 is 1.93 bits per heavy atom. The monoisotopic (exact) mass is 575 g/mol. The second-order valence-electron chi connectivity index (χ2n) is 10.8. The van der Waals surface area contributed by atoms with Crippen molar-refractivity contribution in [2.45, 2.75) is 82.5 Å². The van der Waals surface area contributed by atoms with Crippen molar-refractivity contribution >= 4 is 40.0 Å². The predicted octanol–water partition coefficient (Wildman–Crippen LogP) is 4.41. The van der Waals surface area contributed by atoms with Gasteiger partial charge in [0.1, 0.15) is 23.4 Å². The van der Waals surface area contributed by atoms with Crippen molar-refractivity contribution in [1.82, 2.24) is 20.2 Å². The van der Waals surface area contributed by atoms with Crippen LogP contribution >= 0.6 is 11.3 Å². The van der Waals surface area contributed by atoms with Crippen molar-refractivity contribution in [3.05, 3.63) is 53.9 Å². The Balaban J connectivity index is 1.47. The second kappa shape index (κ2) is 12.5. The third kappa shape index (κ3) is 6.18. The molecule has 3 aromatic rings. The maximum atomic E-state index is 13.8. The van der Waals surface area contributed by atoms with Crippen LogP contribution in [0.15, 0.2) is 53.9 Å². The maximum Gasteiger partial charge on any atom is 0.243 e. The Bertz CT molecular complexity index is 1440. The highest BCUT2D eigenvalue weighted by molar-refractivity contribution is 7.13. The maximum absolute atomic E-state index is 13.8. The number of nitrogens with zero attached hydrogens (tertiary/aromatic N) is 3. The number of allylic oxidation sites excluding steroid dienone is 1. The van der Waals surface area contributed by atoms with Gasteiger partial charge in [-0.05, 0) is 56.2 Å². The normalized spacial score (nSPS) is 26.7. The van der Waals surface area contributed by atoms with E-state index in [1.165, 1.54) is 23.2 Å². The number of rotatable bonds is 5. The molecule has 9 nitrogen and oxygen atoms in total. The fraction of sp³-hybridized carbons (Fsp3) is 0.452. The Kier molecular flexibility index (Phi) is 8.79. The van der Waals surface area contributed by atoms with E-state index in [2.05, 4.69) is 5.32 Å². The number of amides is 2. The number of ketones is 1. The summed E-state index contributed by atoms with van der Waals surface area (Å²) >= 11 is 1.53. The molecule has 1 fully saturated rings. The zero-order chi connectivity index (χ0) is 29.0. The van der Waals surface area contributed by atoms with Gasteiger partial charge >= 0.3 is 0 Å². The van der Waals surface area contributed by atoms with Crippen LogP contribution in [0.25, 0.3) is 21.6 Å². The van der Waals surface area contributed by atoms with Crippen molar-refractivity contribution in [2.24, 2.45) is 5.73 Å². The number of para-hydroxylation sites is 2. The third-order valence-corrected chi connectivity index (χ3v) is 8.93. The van der Waals surface area contributed by atoms with Gasteiger partial charge in [0.25, 0.3) is 0 Å². The number of carbonyl (C=O) groups excluding carboxylic acids is 3. The number of Topliss-reactive ketones (excluding diaryl/α,β-unsaturated/α-hetero) is 1. The Labute approximate surface area is 244 Å². The molecule has 0 unspecified atom stereocenters. The molecule has 5 rings (SSSR count). The fourth-order valence-electron chi connectivity index (χ4n) is 5.60. The molecule has 1 saturated heterocycles. The summed E-state index contributed by atoms with van der Waals surface area (Å²) in [6.45, 7) is 3.54. The van der Waals surface area contributed by atoms with Gasteiger partial charge in [-0.2, -0.15) is 0 Å². The van der Waals surface area contributed by atoms with Crippen LogP contribution in [0.1, 0.15) is 58.8 Å². The Morgan fingerprint density at radius 3 is 2.63 bits per heavy atom. The number of hydrogen-bond acceptors (Lipinski definition) is 8. The number of ether oxygens (including phenoxy) is 1. The lowest BCUT2D eigenvalue weighted by molar-refractivity contribution is -0.141. The van der Waals surface area contributed by atoms with E-state index >= 15 is 0 Å². The molecule has 41 heavy (non-hydrogen) atoms. The number of fused-ring (bicyclic) bond motifs is 2. The van der Waals surface area contributed by atoms with Crippen molar-refractivity contribution in [3.8, 4) is 16.5 Å². The van der Waals surface area contributed by atoms with E-state index in [0.717, 1.165) is 36.1 Å². The average Bonchev–Trinajstić information content (AvgIpc) is 3.65. The minimum absolute atomic E-state index is 0.149. The SMILES string of the molecule is CC[C@]1(C(C)=O)/C=C\CCCCC[C@H](N)C(=O)N2C[C@H](Oc3nc4ccccc4nc3-c3cccs3)C[C@H]2C(=O)N1. The van der Waals surface area contributed by atoms with E-state index in [1.54, 1.807) is 0 Å². The van der Waals surface area contributed by atoms with Crippen molar-refractivity contribution < 1.29 is 19.1 Å². The molecule has 3 N–H and O–H groups in total. The number of nitrogens with one attached hydrogen (secondary N) is 1. The number of benzene rings is 1. The number of carbonyl (C=O) groups is 3. The highest BCUT2D eigenvalue weighted by Gasteiger charge is 2.45. The highest BCUT2D eigenvalue weighted by Crippen LogP contribution is 2.34. The van der Waals surface area contributed by atoms with Crippen LogP contribution in [-0.4, -0.2) is 62.7 Å². The predicted molar refractivity (Wildman–Crippen MR) is 159 cm³/mol. The molecule has 0 spiro atoms. The first-order valence-corrected chi connectivity index (χ1v) is 15.2. The molecular weight excluding hydrogens is 538 g/mol. The lowest BCUT2D eigenvalue weighted by Gasteiger charge is -2.32. The molecular formula is C31H37N5O4S. The number of aromatic nitrogens is 2. The lowest BCUT2D eigenvalue weighted by Crippen LogP contribution is -2.58. The van der Waals surface area contributed by atoms with Crippen molar-refractivity contribution in [2.75, 3.05) is 6.54 Å². The first kappa shape index (κ1) is 28.9. The van der Waals surface area contributed by atoms with E-state index in [-0.39, 0.29) is 24.7 Å². The van der Waals surface area contributed by atoms with Gasteiger partial charge in [0.15, 0.2) is 5.78 Å². The molecule has 0 bridgehead atoms. The minimum Gasteiger partial charge on any atom is -0.471 e. The van der Waals surface area contributed by atoms with Gasteiger partial charge < -0.3 is 20.7 Å². The van der Waals surface area contributed by atoms with E-state index in [1.807, 2.05) is 60.9 Å². The first-order chi connectivity index (χ1) is 19.8. The largest absolute Gasteiger partial charge is 0.471 e. The van der Waals surface area contributed by atoms with Gasteiger partial charge in [-0.25, -0.2) is 9.97 Å².